The molecular weight excluding hydrogens is 549 g/mol. The number of hydrogen-bond acceptors (Lipinski definition) is 8. The number of hydrogen-bond donors (Lipinski definition) is 1. The number of esters is 2. The van der Waals surface area contributed by atoms with Crippen molar-refractivity contribution >= 4 is 39.6 Å². The largest absolute Gasteiger partial charge is 0.511 e. The number of fused-ring (bicyclic) bond motifs is 1. The van der Waals surface area contributed by atoms with Crippen LogP contribution >= 0.6 is 11.8 Å². The van der Waals surface area contributed by atoms with Crippen LogP contribution in [-0.2, 0) is 33.9 Å². The molecule has 2 atom stereocenters. The summed E-state index contributed by atoms with van der Waals surface area (Å²) in [6.07, 6.45) is -0.906. The van der Waals surface area contributed by atoms with Gasteiger partial charge in [-0.25, -0.2) is 13.2 Å². The smallest absolute Gasteiger partial charge is 0.461 e. The van der Waals surface area contributed by atoms with Gasteiger partial charge >= 0.3 is 27.5 Å². The minimum atomic E-state index is -5.82. The van der Waals surface area contributed by atoms with E-state index in [0.717, 1.165) is 23.6 Å². The van der Waals surface area contributed by atoms with E-state index in [4.69, 9.17) is 9.47 Å². The van der Waals surface area contributed by atoms with E-state index in [1.807, 2.05) is 0 Å². The number of nitrogens with one attached hydrogen (secondary N) is 1. The fourth-order valence-electron chi connectivity index (χ4n) is 3.93. The molecule has 2 aromatic rings. The Balaban J connectivity index is 1.67. The predicted octanol–water partition coefficient (Wildman–Crippen LogP) is 2.86. The van der Waals surface area contributed by atoms with Crippen LogP contribution in [0.25, 0.3) is 0 Å². The van der Waals surface area contributed by atoms with E-state index in [9.17, 15) is 36.0 Å². The monoisotopic (exact) mass is 570 g/mol. The lowest BCUT2D eigenvalue weighted by atomic mass is 10.0. The normalized spacial score (nSPS) is 19.6. The number of thioether (sulfide) groups is 1. The van der Waals surface area contributed by atoms with Gasteiger partial charge < -0.3 is 9.47 Å². The average molecular weight is 571 g/mol. The molecule has 0 aliphatic carbocycles. The van der Waals surface area contributed by atoms with Crippen LogP contribution in [0.4, 0.5) is 13.2 Å². The zero-order chi connectivity index (χ0) is 27.7. The molecule has 1 saturated heterocycles. The van der Waals surface area contributed by atoms with Gasteiger partial charge in [0, 0.05) is 18.2 Å². The fourth-order valence-corrected chi connectivity index (χ4v) is 6.04. The molecule has 2 aliphatic rings. The van der Waals surface area contributed by atoms with Crippen LogP contribution in [0.5, 0.6) is 0 Å². The molecule has 0 unspecified atom stereocenters. The number of benzene rings is 2. The van der Waals surface area contributed by atoms with E-state index in [2.05, 4.69) is 0 Å². The van der Waals surface area contributed by atoms with Crippen LogP contribution in [-0.4, -0.2) is 60.4 Å². The molecule has 1 N–H and O–H groups in total. The highest BCUT2D eigenvalue weighted by Gasteiger charge is 2.58. The van der Waals surface area contributed by atoms with E-state index >= 15 is 0 Å². The van der Waals surface area contributed by atoms with Crippen molar-refractivity contribution in [2.75, 3.05) is 12.4 Å². The molecule has 0 aromatic heterocycles. The SMILES string of the molecule is CC(=O)OCC1=C(C(=O)OC(c2ccccc2)c2ccccc2)N2C(=O)[C@@H](NS(=O)(=O)C(F)(F)F)[C@H]2SC1. The summed E-state index contributed by atoms with van der Waals surface area (Å²) < 4.78 is 74.1. The van der Waals surface area contributed by atoms with Crippen LogP contribution in [0.3, 0.4) is 0 Å². The van der Waals surface area contributed by atoms with Gasteiger partial charge in [-0.2, -0.15) is 17.9 Å². The molecule has 9 nitrogen and oxygen atoms in total. The third kappa shape index (κ3) is 5.56. The molecule has 0 radical (unpaired) electrons. The number of halogens is 3. The third-order valence-corrected chi connectivity index (χ3v) is 8.22. The summed E-state index contributed by atoms with van der Waals surface area (Å²) in [6, 6.07) is 15.7. The zero-order valence-electron chi connectivity index (χ0n) is 19.7. The third-order valence-electron chi connectivity index (χ3n) is 5.71. The highest BCUT2D eigenvalue weighted by atomic mass is 32.2. The van der Waals surface area contributed by atoms with Gasteiger partial charge in [0.25, 0.3) is 0 Å². The van der Waals surface area contributed by atoms with E-state index in [-0.39, 0.29) is 23.6 Å². The molecule has 1 fully saturated rings. The minimum Gasteiger partial charge on any atom is -0.461 e. The van der Waals surface area contributed by atoms with Gasteiger partial charge in [0.15, 0.2) is 6.10 Å². The van der Waals surface area contributed by atoms with Crippen LogP contribution in [0.2, 0.25) is 0 Å². The Kier molecular flexibility index (Phi) is 7.85. The topological polar surface area (TPSA) is 119 Å². The van der Waals surface area contributed by atoms with Crippen LogP contribution in [0, 0.1) is 0 Å². The summed E-state index contributed by atoms with van der Waals surface area (Å²) in [6.45, 7) is 0.776. The average Bonchev–Trinajstić information content (AvgIpc) is 2.88. The predicted molar refractivity (Wildman–Crippen MR) is 129 cm³/mol. The molecule has 14 heteroatoms. The maximum absolute atomic E-state index is 13.6. The van der Waals surface area contributed by atoms with Crippen molar-refractivity contribution < 1.29 is 45.4 Å². The van der Waals surface area contributed by atoms with Crippen molar-refractivity contribution in [1.82, 2.24) is 9.62 Å². The first-order valence-corrected chi connectivity index (χ1v) is 13.6. The van der Waals surface area contributed by atoms with Crippen molar-refractivity contribution in [3.63, 3.8) is 0 Å². The number of rotatable bonds is 8. The van der Waals surface area contributed by atoms with Crippen LogP contribution in [0.15, 0.2) is 71.9 Å². The Morgan fingerprint density at radius 1 is 1.08 bits per heavy atom. The van der Waals surface area contributed by atoms with Crippen molar-refractivity contribution in [1.29, 1.82) is 0 Å². The van der Waals surface area contributed by atoms with Gasteiger partial charge in [-0.05, 0) is 11.1 Å². The summed E-state index contributed by atoms with van der Waals surface area (Å²) in [5, 5.41) is -1.14. The molecular formula is C24H21F3N2O7S2. The van der Waals surface area contributed by atoms with E-state index in [1.165, 1.54) is 4.72 Å². The standard InChI is InChI=1S/C24H21F3N2O7S2/c1-14(30)35-12-17-13-37-22-18(28-38(33,34)24(25,26)27)21(31)29(22)19(17)23(32)36-20(15-8-4-2-5-9-15)16-10-6-3-7-11-16/h2-11,18,20,22,28H,12-13H2,1H3/t18-,22-/m1/s1. The number of β-lactam (4-membered cyclic amide) rings is 1. The lowest BCUT2D eigenvalue weighted by Gasteiger charge is -2.49. The maximum Gasteiger partial charge on any atom is 0.511 e. The number of carbonyl (C=O) groups is 3. The van der Waals surface area contributed by atoms with Gasteiger partial charge in [0.2, 0.25) is 5.91 Å². The molecule has 2 aliphatic heterocycles. The second-order valence-corrected chi connectivity index (χ2v) is 11.1. The zero-order valence-corrected chi connectivity index (χ0v) is 21.3. The lowest BCUT2D eigenvalue weighted by Crippen LogP contribution is -2.71. The lowest BCUT2D eigenvalue weighted by molar-refractivity contribution is -0.153. The molecule has 202 valence electrons. The van der Waals surface area contributed by atoms with Gasteiger partial charge in [-0.1, -0.05) is 60.7 Å². The van der Waals surface area contributed by atoms with Gasteiger partial charge in [-0.3, -0.25) is 14.5 Å². The Bertz CT molecular complexity index is 1330. The summed E-state index contributed by atoms with van der Waals surface area (Å²) in [4.78, 5) is 38.7. The first-order chi connectivity index (χ1) is 17.9. The van der Waals surface area contributed by atoms with Gasteiger partial charge in [0.05, 0.1) is 0 Å². The summed E-state index contributed by atoms with van der Waals surface area (Å²) in [7, 11) is -5.82. The van der Waals surface area contributed by atoms with Crippen LogP contribution < -0.4 is 4.72 Å². The molecule has 2 aromatic carbocycles. The van der Waals surface area contributed by atoms with Crippen LogP contribution in [0.1, 0.15) is 24.2 Å². The summed E-state index contributed by atoms with van der Waals surface area (Å²) >= 11 is 0.923. The number of sulfonamides is 1. The number of ether oxygens (including phenoxy) is 2. The molecule has 0 bridgehead atoms. The molecule has 0 saturated carbocycles. The Morgan fingerprint density at radius 2 is 1.63 bits per heavy atom. The molecule has 0 spiro atoms. The number of nitrogens with zero attached hydrogens (tertiary/aromatic N) is 1. The first kappa shape index (κ1) is 27.7. The summed E-state index contributed by atoms with van der Waals surface area (Å²) in [5.74, 6) is -2.74. The minimum absolute atomic E-state index is 0.0300. The molecule has 38 heavy (non-hydrogen) atoms. The van der Waals surface area contributed by atoms with E-state index < -0.39 is 50.9 Å². The quantitative estimate of drug-likeness (QED) is 0.380. The molecule has 1 amide bonds. The van der Waals surface area contributed by atoms with Gasteiger partial charge in [0.1, 0.15) is 23.7 Å². The number of amides is 1. The maximum atomic E-state index is 13.6. The second kappa shape index (κ2) is 10.8. The number of carbonyl (C=O) groups excluding carboxylic acids is 3. The first-order valence-electron chi connectivity index (χ1n) is 11.1. The van der Waals surface area contributed by atoms with E-state index in [0.29, 0.717) is 11.1 Å². The fraction of sp³-hybridized carbons (Fsp3) is 0.292. The van der Waals surface area contributed by atoms with Gasteiger partial charge in [-0.15, -0.1) is 11.8 Å². The van der Waals surface area contributed by atoms with Crippen molar-refractivity contribution in [3.8, 4) is 0 Å². The van der Waals surface area contributed by atoms with Crippen molar-refractivity contribution in [3.05, 3.63) is 83.1 Å². The Labute approximate surface area is 220 Å². The Morgan fingerprint density at radius 3 is 2.13 bits per heavy atom. The molecule has 2 heterocycles. The highest BCUT2D eigenvalue weighted by molar-refractivity contribution is 8.00. The second-order valence-electron chi connectivity index (χ2n) is 8.29. The van der Waals surface area contributed by atoms with Crippen molar-refractivity contribution in [2.45, 2.75) is 30.0 Å². The Hall–Kier alpha value is -3.36. The highest BCUT2D eigenvalue weighted by Crippen LogP contribution is 2.42. The summed E-state index contributed by atoms with van der Waals surface area (Å²) in [5.41, 5.74) is -4.51. The van der Waals surface area contributed by atoms with Crippen molar-refractivity contribution in [2.24, 2.45) is 0 Å². The number of alkyl halides is 3. The van der Waals surface area contributed by atoms with E-state index in [1.54, 1.807) is 60.7 Å². The molecule has 4 rings (SSSR count).